The molecule has 1 aromatic rings. The Morgan fingerprint density at radius 3 is 2.50 bits per heavy atom. The SMILES string of the molecule is CCNC(=NCC(C)C)NCCN1CCN(c2ncccn2)CC1. The van der Waals surface area contributed by atoms with Crippen molar-refractivity contribution in [3.63, 3.8) is 0 Å². The van der Waals surface area contributed by atoms with Gasteiger partial charge >= 0.3 is 0 Å². The van der Waals surface area contributed by atoms with Crippen molar-refractivity contribution in [2.45, 2.75) is 20.8 Å². The van der Waals surface area contributed by atoms with Crippen LogP contribution in [0.5, 0.6) is 0 Å². The molecule has 1 aliphatic rings. The van der Waals surface area contributed by atoms with Gasteiger partial charge in [-0.15, -0.1) is 0 Å². The average molecular weight is 333 g/mol. The standard InChI is InChI=1S/C17H31N7/c1-4-18-16(22-14-15(2)3)19-8-9-23-10-12-24(13-11-23)17-20-6-5-7-21-17/h5-7,15H,4,8-14H2,1-3H3,(H2,18,19,22). The predicted octanol–water partition coefficient (Wildman–Crippen LogP) is 0.810. The Morgan fingerprint density at radius 1 is 1.17 bits per heavy atom. The maximum absolute atomic E-state index is 4.60. The Bertz CT molecular complexity index is 481. The Labute approximate surface area is 145 Å². The third kappa shape index (κ3) is 6.31. The van der Waals surface area contributed by atoms with Crippen molar-refractivity contribution >= 4 is 11.9 Å². The zero-order valence-corrected chi connectivity index (χ0v) is 15.2. The molecule has 2 rings (SSSR count). The molecule has 0 atom stereocenters. The summed E-state index contributed by atoms with van der Waals surface area (Å²) in [4.78, 5) is 18.0. The first-order chi connectivity index (χ1) is 11.7. The Hall–Kier alpha value is -1.89. The van der Waals surface area contributed by atoms with E-state index in [1.807, 2.05) is 6.07 Å². The van der Waals surface area contributed by atoms with E-state index in [-0.39, 0.29) is 0 Å². The summed E-state index contributed by atoms with van der Waals surface area (Å²) in [6.07, 6.45) is 3.61. The zero-order valence-electron chi connectivity index (χ0n) is 15.2. The Balaban J connectivity index is 1.69. The van der Waals surface area contributed by atoms with Crippen LogP contribution in [0, 0.1) is 5.92 Å². The third-order valence-corrected chi connectivity index (χ3v) is 3.89. The van der Waals surface area contributed by atoms with E-state index < -0.39 is 0 Å². The molecule has 2 heterocycles. The fraction of sp³-hybridized carbons (Fsp3) is 0.706. The number of piperazine rings is 1. The lowest BCUT2D eigenvalue weighted by Crippen LogP contribution is -2.49. The van der Waals surface area contributed by atoms with Gasteiger partial charge in [0.25, 0.3) is 0 Å². The van der Waals surface area contributed by atoms with Crippen molar-refractivity contribution in [1.82, 2.24) is 25.5 Å². The van der Waals surface area contributed by atoms with Gasteiger partial charge in [-0.3, -0.25) is 9.89 Å². The molecule has 7 nitrogen and oxygen atoms in total. The highest BCUT2D eigenvalue weighted by molar-refractivity contribution is 5.79. The molecule has 0 saturated carbocycles. The molecule has 0 bridgehead atoms. The van der Waals surface area contributed by atoms with Gasteiger partial charge in [0, 0.05) is 64.8 Å². The number of hydrogen-bond acceptors (Lipinski definition) is 5. The monoisotopic (exact) mass is 333 g/mol. The van der Waals surface area contributed by atoms with Crippen LogP contribution in [0.4, 0.5) is 5.95 Å². The maximum atomic E-state index is 4.60. The van der Waals surface area contributed by atoms with Crippen LogP contribution in [-0.2, 0) is 0 Å². The van der Waals surface area contributed by atoms with Crippen LogP contribution in [0.1, 0.15) is 20.8 Å². The minimum atomic E-state index is 0.578. The van der Waals surface area contributed by atoms with Gasteiger partial charge in [0.15, 0.2) is 5.96 Å². The van der Waals surface area contributed by atoms with Gasteiger partial charge in [-0.25, -0.2) is 9.97 Å². The van der Waals surface area contributed by atoms with Crippen molar-refractivity contribution in [3.05, 3.63) is 18.5 Å². The number of nitrogens with one attached hydrogen (secondary N) is 2. The van der Waals surface area contributed by atoms with Crippen molar-refractivity contribution in [2.75, 3.05) is 57.3 Å². The molecule has 1 aromatic heterocycles. The number of guanidine groups is 1. The first-order valence-electron chi connectivity index (χ1n) is 8.95. The van der Waals surface area contributed by atoms with E-state index in [9.17, 15) is 0 Å². The largest absolute Gasteiger partial charge is 0.357 e. The van der Waals surface area contributed by atoms with Crippen molar-refractivity contribution in [3.8, 4) is 0 Å². The third-order valence-electron chi connectivity index (χ3n) is 3.89. The first-order valence-corrected chi connectivity index (χ1v) is 8.95. The van der Waals surface area contributed by atoms with Crippen LogP contribution in [0.15, 0.2) is 23.5 Å². The molecule has 0 aliphatic carbocycles. The Morgan fingerprint density at radius 2 is 1.88 bits per heavy atom. The van der Waals surface area contributed by atoms with Gasteiger partial charge in [-0.05, 0) is 18.9 Å². The van der Waals surface area contributed by atoms with Crippen LogP contribution in [-0.4, -0.2) is 73.2 Å². The van der Waals surface area contributed by atoms with Gasteiger partial charge < -0.3 is 15.5 Å². The van der Waals surface area contributed by atoms with E-state index in [0.29, 0.717) is 5.92 Å². The normalized spacial score (nSPS) is 16.5. The second-order valence-corrected chi connectivity index (χ2v) is 6.42. The van der Waals surface area contributed by atoms with E-state index in [4.69, 9.17) is 0 Å². The lowest BCUT2D eigenvalue weighted by Gasteiger charge is -2.34. The van der Waals surface area contributed by atoms with E-state index >= 15 is 0 Å². The molecule has 1 aliphatic heterocycles. The quantitative estimate of drug-likeness (QED) is 0.568. The summed E-state index contributed by atoms with van der Waals surface area (Å²) in [5, 5.41) is 6.73. The molecular weight excluding hydrogens is 302 g/mol. The van der Waals surface area contributed by atoms with E-state index in [1.54, 1.807) is 12.4 Å². The molecule has 2 N–H and O–H groups in total. The first kappa shape index (κ1) is 18.4. The van der Waals surface area contributed by atoms with E-state index in [0.717, 1.165) is 64.3 Å². The summed E-state index contributed by atoms with van der Waals surface area (Å²) in [6.45, 7) is 14.2. The van der Waals surface area contributed by atoms with Crippen LogP contribution in [0.2, 0.25) is 0 Å². The topological polar surface area (TPSA) is 68.7 Å². The molecule has 134 valence electrons. The van der Waals surface area contributed by atoms with E-state index in [2.05, 4.69) is 56.2 Å². The number of hydrogen-bond donors (Lipinski definition) is 2. The fourth-order valence-corrected chi connectivity index (χ4v) is 2.57. The number of aromatic nitrogens is 2. The number of rotatable bonds is 7. The molecule has 24 heavy (non-hydrogen) atoms. The number of nitrogens with zero attached hydrogens (tertiary/aromatic N) is 5. The zero-order chi connectivity index (χ0) is 17.2. The van der Waals surface area contributed by atoms with Gasteiger partial charge in [-0.1, -0.05) is 13.8 Å². The predicted molar refractivity (Wildman–Crippen MR) is 99.5 cm³/mol. The number of anilines is 1. The molecule has 0 aromatic carbocycles. The highest BCUT2D eigenvalue weighted by Crippen LogP contribution is 2.08. The Kier molecular flexibility index (Phi) is 7.74. The van der Waals surface area contributed by atoms with Crippen molar-refractivity contribution in [1.29, 1.82) is 0 Å². The van der Waals surface area contributed by atoms with Crippen LogP contribution in [0.3, 0.4) is 0 Å². The highest BCUT2D eigenvalue weighted by atomic mass is 15.3. The highest BCUT2D eigenvalue weighted by Gasteiger charge is 2.18. The molecule has 0 radical (unpaired) electrons. The average Bonchev–Trinajstić information content (AvgIpc) is 2.61. The second-order valence-electron chi connectivity index (χ2n) is 6.42. The smallest absolute Gasteiger partial charge is 0.225 e. The van der Waals surface area contributed by atoms with Gasteiger partial charge in [0.1, 0.15) is 0 Å². The number of aliphatic imine (C=N–C) groups is 1. The summed E-state index contributed by atoms with van der Waals surface area (Å²) >= 11 is 0. The second kappa shape index (κ2) is 10.1. The summed E-state index contributed by atoms with van der Waals surface area (Å²) in [6, 6.07) is 1.86. The molecule has 0 amide bonds. The van der Waals surface area contributed by atoms with E-state index in [1.165, 1.54) is 0 Å². The van der Waals surface area contributed by atoms with Crippen molar-refractivity contribution in [2.24, 2.45) is 10.9 Å². The van der Waals surface area contributed by atoms with Crippen LogP contribution >= 0.6 is 0 Å². The lowest BCUT2D eigenvalue weighted by molar-refractivity contribution is 0.260. The summed E-state index contributed by atoms with van der Waals surface area (Å²) < 4.78 is 0. The van der Waals surface area contributed by atoms with Crippen LogP contribution < -0.4 is 15.5 Å². The molecule has 1 fully saturated rings. The van der Waals surface area contributed by atoms with Crippen molar-refractivity contribution < 1.29 is 0 Å². The van der Waals surface area contributed by atoms with Gasteiger partial charge in [0.05, 0.1) is 0 Å². The maximum Gasteiger partial charge on any atom is 0.225 e. The van der Waals surface area contributed by atoms with Gasteiger partial charge in [0.2, 0.25) is 5.95 Å². The minimum absolute atomic E-state index is 0.578. The summed E-state index contributed by atoms with van der Waals surface area (Å²) in [5.41, 5.74) is 0. The summed E-state index contributed by atoms with van der Waals surface area (Å²) in [5.74, 6) is 2.33. The summed E-state index contributed by atoms with van der Waals surface area (Å²) in [7, 11) is 0. The van der Waals surface area contributed by atoms with Gasteiger partial charge in [-0.2, -0.15) is 0 Å². The van der Waals surface area contributed by atoms with Crippen LogP contribution in [0.25, 0.3) is 0 Å². The molecular formula is C17H31N7. The lowest BCUT2D eigenvalue weighted by atomic mass is 10.2. The molecule has 0 spiro atoms. The fourth-order valence-electron chi connectivity index (χ4n) is 2.57. The molecule has 0 unspecified atom stereocenters. The minimum Gasteiger partial charge on any atom is -0.357 e. The molecule has 1 saturated heterocycles. The molecule has 7 heteroatoms.